The minimum absolute atomic E-state index is 0.669. The fourth-order valence-corrected chi connectivity index (χ4v) is 10.0. The Bertz CT molecular complexity index is 2530. The van der Waals surface area contributed by atoms with E-state index < -0.39 is 0 Å². The van der Waals surface area contributed by atoms with Crippen LogP contribution in [-0.4, -0.2) is 14.4 Å². The molecule has 2 aliphatic rings. The molecule has 8 aromatic rings. The fourth-order valence-electron chi connectivity index (χ4n) is 8.45. The number of rotatable bonds is 3. The maximum Gasteiger partial charge on any atom is 0.0998 e. The number of nitrogens with zero attached hydrogens (tertiary/aromatic N) is 3. The van der Waals surface area contributed by atoms with E-state index in [0.29, 0.717) is 11.5 Å². The monoisotopic (exact) mass is 621 g/mol. The second kappa shape index (κ2) is 10.4. The van der Waals surface area contributed by atoms with Gasteiger partial charge in [-0.1, -0.05) is 85.6 Å². The van der Waals surface area contributed by atoms with Crippen molar-refractivity contribution in [3.63, 3.8) is 0 Å². The van der Waals surface area contributed by atoms with E-state index in [0.717, 1.165) is 38.8 Å². The smallest absolute Gasteiger partial charge is 0.0998 e. The SMILES string of the molecule is N#Cc1cc(-n2c3ccccc3c3ccccc32)ccc1-c1ccc(-n2c3ccccc3c3cc4c(cc32)SC2CCCCC42)cc1. The molecule has 3 nitrogen and oxygen atoms in total. The lowest BCUT2D eigenvalue weighted by Crippen LogP contribution is -2.14. The number of fused-ring (bicyclic) bond motifs is 9. The van der Waals surface area contributed by atoms with Gasteiger partial charge >= 0.3 is 0 Å². The lowest BCUT2D eigenvalue weighted by molar-refractivity contribution is 0.461. The first kappa shape index (κ1) is 26.9. The van der Waals surface area contributed by atoms with E-state index in [1.54, 1.807) is 5.56 Å². The maximum atomic E-state index is 10.4. The van der Waals surface area contributed by atoms with Gasteiger partial charge in [-0.3, -0.25) is 0 Å². The zero-order valence-electron chi connectivity index (χ0n) is 25.9. The summed E-state index contributed by atoms with van der Waals surface area (Å²) in [5.74, 6) is 0.699. The van der Waals surface area contributed by atoms with E-state index in [-0.39, 0.29) is 0 Å². The van der Waals surface area contributed by atoms with Crippen LogP contribution < -0.4 is 0 Å². The van der Waals surface area contributed by atoms with E-state index in [2.05, 4.69) is 148 Å². The normalized spacial score (nSPS) is 17.3. The molecule has 47 heavy (non-hydrogen) atoms. The van der Waals surface area contributed by atoms with Crippen molar-refractivity contribution in [3.05, 3.63) is 139 Å². The van der Waals surface area contributed by atoms with Crippen LogP contribution in [0.3, 0.4) is 0 Å². The predicted molar refractivity (Wildman–Crippen MR) is 196 cm³/mol. The van der Waals surface area contributed by atoms with Crippen LogP contribution >= 0.6 is 11.8 Å². The van der Waals surface area contributed by atoms with Gasteiger partial charge in [-0.15, -0.1) is 11.8 Å². The van der Waals surface area contributed by atoms with E-state index in [1.165, 1.54) is 63.2 Å². The lowest BCUT2D eigenvalue weighted by atomic mass is 9.83. The summed E-state index contributed by atoms with van der Waals surface area (Å²) >= 11 is 2.11. The highest BCUT2D eigenvalue weighted by Gasteiger charge is 2.35. The average Bonchev–Trinajstić information content (AvgIpc) is 3.78. The molecule has 0 N–H and O–H groups in total. The zero-order chi connectivity index (χ0) is 31.1. The van der Waals surface area contributed by atoms with Gasteiger partial charge in [0.25, 0.3) is 0 Å². The van der Waals surface area contributed by atoms with Gasteiger partial charge in [-0.25, -0.2) is 0 Å². The molecule has 0 spiro atoms. The van der Waals surface area contributed by atoms with E-state index in [1.807, 2.05) is 6.07 Å². The largest absolute Gasteiger partial charge is 0.309 e. The maximum absolute atomic E-state index is 10.4. The van der Waals surface area contributed by atoms with Gasteiger partial charge in [-0.2, -0.15) is 5.26 Å². The highest BCUT2D eigenvalue weighted by Crippen LogP contribution is 2.53. The third-order valence-corrected chi connectivity index (χ3v) is 12.1. The van der Waals surface area contributed by atoms with E-state index in [9.17, 15) is 5.26 Å². The van der Waals surface area contributed by atoms with Crippen LogP contribution in [0.15, 0.2) is 132 Å². The minimum Gasteiger partial charge on any atom is -0.309 e. The van der Waals surface area contributed by atoms with Crippen LogP contribution in [-0.2, 0) is 0 Å². The quantitative estimate of drug-likeness (QED) is 0.197. The lowest BCUT2D eigenvalue weighted by Gasteiger charge is -2.24. The molecule has 0 saturated heterocycles. The minimum atomic E-state index is 0.669. The molecule has 0 bridgehead atoms. The van der Waals surface area contributed by atoms with Gasteiger partial charge < -0.3 is 9.13 Å². The zero-order valence-corrected chi connectivity index (χ0v) is 26.7. The Hall–Kier alpha value is -5.24. The predicted octanol–water partition coefficient (Wildman–Crippen LogP) is 11.6. The molecule has 1 aliphatic heterocycles. The van der Waals surface area contributed by atoms with Crippen molar-refractivity contribution in [2.45, 2.75) is 41.7 Å². The standard InChI is InChI=1S/C43H31N3S/c44-26-28-23-30(46-38-13-5-1-9-32(38)33-10-2-6-14-39(33)46)21-22-31(28)27-17-19-29(20-18-27)45-40-15-7-3-11-34(40)36-24-37-35-12-4-8-16-42(35)47-43(37)25-41(36)45/h1-3,5-7,9-11,13-15,17-25,35,42H,4,8,12,16H2. The number of para-hydroxylation sites is 3. The Kier molecular flexibility index (Phi) is 5.95. The third-order valence-electron chi connectivity index (χ3n) is 10.6. The van der Waals surface area contributed by atoms with Crippen LogP contribution in [0, 0.1) is 11.3 Å². The first-order chi connectivity index (χ1) is 23.3. The number of nitriles is 1. The van der Waals surface area contributed by atoms with Crippen LogP contribution in [0.2, 0.25) is 0 Å². The summed E-state index contributed by atoms with van der Waals surface area (Å²) in [6.07, 6.45) is 5.37. The van der Waals surface area contributed by atoms with Crippen molar-refractivity contribution in [2.75, 3.05) is 0 Å². The summed E-state index contributed by atoms with van der Waals surface area (Å²) in [5, 5.41) is 16.2. The van der Waals surface area contributed by atoms with Crippen molar-refractivity contribution < 1.29 is 0 Å². The second-order valence-electron chi connectivity index (χ2n) is 13.1. The Morgan fingerprint density at radius 3 is 1.85 bits per heavy atom. The summed E-state index contributed by atoms with van der Waals surface area (Å²) in [6, 6.07) is 48.3. The Labute approximate surface area is 277 Å². The van der Waals surface area contributed by atoms with Crippen LogP contribution in [0.1, 0.15) is 42.7 Å². The highest BCUT2D eigenvalue weighted by atomic mass is 32.2. The van der Waals surface area contributed by atoms with Crippen molar-refractivity contribution >= 4 is 55.4 Å². The van der Waals surface area contributed by atoms with Crippen LogP contribution in [0.25, 0.3) is 66.1 Å². The molecule has 0 amide bonds. The van der Waals surface area contributed by atoms with Crippen molar-refractivity contribution in [1.29, 1.82) is 5.26 Å². The molecule has 224 valence electrons. The summed E-state index contributed by atoms with van der Waals surface area (Å²) in [7, 11) is 0. The summed E-state index contributed by atoms with van der Waals surface area (Å²) in [6.45, 7) is 0. The molecular formula is C43H31N3S. The molecule has 2 atom stereocenters. The van der Waals surface area contributed by atoms with Gasteiger partial charge in [-0.05, 0) is 90.0 Å². The molecular weight excluding hydrogens is 591 g/mol. The molecule has 2 unspecified atom stereocenters. The summed E-state index contributed by atoms with van der Waals surface area (Å²) in [5.41, 5.74) is 11.2. The van der Waals surface area contributed by atoms with E-state index >= 15 is 0 Å². The van der Waals surface area contributed by atoms with Crippen molar-refractivity contribution in [3.8, 4) is 28.6 Å². The molecule has 1 aliphatic carbocycles. The average molecular weight is 622 g/mol. The molecule has 6 aromatic carbocycles. The van der Waals surface area contributed by atoms with Gasteiger partial charge in [0.05, 0.1) is 33.7 Å². The fraction of sp³-hybridized carbons (Fsp3) is 0.140. The van der Waals surface area contributed by atoms with Crippen LogP contribution in [0.5, 0.6) is 0 Å². The third kappa shape index (κ3) is 4.00. The molecule has 1 saturated carbocycles. The Balaban J connectivity index is 1.07. The topological polar surface area (TPSA) is 33.6 Å². The Morgan fingerprint density at radius 2 is 1.17 bits per heavy atom. The first-order valence-electron chi connectivity index (χ1n) is 16.6. The first-order valence-corrected chi connectivity index (χ1v) is 17.5. The van der Waals surface area contributed by atoms with Gasteiger partial charge in [0.2, 0.25) is 0 Å². The number of hydrogen-bond acceptors (Lipinski definition) is 2. The summed E-state index contributed by atoms with van der Waals surface area (Å²) < 4.78 is 4.69. The second-order valence-corrected chi connectivity index (χ2v) is 14.3. The molecule has 3 heterocycles. The number of benzene rings is 6. The number of hydrogen-bond donors (Lipinski definition) is 0. The molecule has 4 heteroatoms. The number of thioether (sulfide) groups is 1. The van der Waals surface area contributed by atoms with Crippen LogP contribution in [0.4, 0.5) is 0 Å². The van der Waals surface area contributed by atoms with E-state index in [4.69, 9.17) is 0 Å². The molecule has 0 radical (unpaired) electrons. The molecule has 2 aromatic heterocycles. The van der Waals surface area contributed by atoms with Gasteiger partial charge in [0, 0.05) is 43.1 Å². The number of aromatic nitrogens is 2. The summed E-state index contributed by atoms with van der Waals surface area (Å²) in [4.78, 5) is 1.47. The molecule has 10 rings (SSSR count). The molecule has 1 fully saturated rings. The Morgan fingerprint density at radius 1 is 0.574 bits per heavy atom. The van der Waals surface area contributed by atoms with Gasteiger partial charge in [0.15, 0.2) is 0 Å². The highest BCUT2D eigenvalue weighted by molar-refractivity contribution is 8.00. The van der Waals surface area contributed by atoms with Crippen molar-refractivity contribution in [2.24, 2.45) is 0 Å². The van der Waals surface area contributed by atoms with Gasteiger partial charge in [0.1, 0.15) is 0 Å². The van der Waals surface area contributed by atoms with Crippen molar-refractivity contribution in [1.82, 2.24) is 9.13 Å².